The van der Waals surface area contributed by atoms with Crippen LogP contribution in [0.25, 0.3) is 0 Å². The molecule has 5 heteroatoms. The predicted molar refractivity (Wildman–Crippen MR) is 82.5 cm³/mol. The van der Waals surface area contributed by atoms with Crippen LogP contribution >= 0.6 is 23.6 Å². The Balaban J connectivity index is 1.60. The van der Waals surface area contributed by atoms with E-state index in [2.05, 4.69) is 27.7 Å². The maximum absolute atomic E-state index is 5.75. The third-order valence-corrected chi connectivity index (χ3v) is 4.80. The zero-order valence-electron chi connectivity index (χ0n) is 11.0. The first-order chi connectivity index (χ1) is 9.31. The molecule has 0 aromatic carbocycles. The number of thiophene rings is 1. The Morgan fingerprint density at radius 3 is 3.00 bits per heavy atom. The SMILES string of the molecule is S=C(NC1CC1)N(Cc1cccs1)C[C@H]1CCCO1. The minimum atomic E-state index is 0.346. The van der Waals surface area contributed by atoms with Gasteiger partial charge in [0, 0.05) is 24.1 Å². The van der Waals surface area contributed by atoms with Crippen LogP contribution in [0.4, 0.5) is 0 Å². The van der Waals surface area contributed by atoms with Crippen LogP contribution in [-0.4, -0.2) is 35.3 Å². The summed E-state index contributed by atoms with van der Waals surface area (Å²) in [5.74, 6) is 0. The molecule has 0 unspecified atom stereocenters. The Labute approximate surface area is 123 Å². The van der Waals surface area contributed by atoms with E-state index >= 15 is 0 Å². The molecule has 0 amide bonds. The molecule has 0 radical (unpaired) electrons. The number of hydrogen-bond donors (Lipinski definition) is 1. The lowest BCUT2D eigenvalue weighted by Gasteiger charge is -2.27. The average molecular weight is 296 g/mol. The third kappa shape index (κ3) is 3.91. The van der Waals surface area contributed by atoms with E-state index in [-0.39, 0.29) is 0 Å². The summed E-state index contributed by atoms with van der Waals surface area (Å²) in [6.45, 7) is 2.72. The minimum absolute atomic E-state index is 0.346. The van der Waals surface area contributed by atoms with E-state index in [9.17, 15) is 0 Å². The van der Waals surface area contributed by atoms with Crippen molar-refractivity contribution in [2.45, 2.75) is 44.4 Å². The molecule has 0 spiro atoms. The van der Waals surface area contributed by atoms with Crippen molar-refractivity contribution in [3.8, 4) is 0 Å². The average Bonchev–Trinajstić information content (AvgIpc) is 2.90. The fourth-order valence-electron chi connectivity index (χ4n) is 2.34. The molecule has 1 saturated heterocycles. The normalized spacial score (nSPS) is 22.4. The minimum Gasteiger partial charge on any atom is -0.376 e. The Hall–Kier alpha value is -0.650. The topological polar surface area (TPSA) is 24.5 Å². The first-order valence-electron chi connectivity index (χ1n) is 7.00. The molecule has 1 atom stereocenters. The highest BCUT2D eigenvalue weighted by Gasteiger charge is 2.26. The van der Waals surface area contributed by atoms with Crippen LogP contribution in [0.15, 0.2) is 17.5 Å². The zero-order valence-corrected chi connectivity index (χ0v) is 12.6. The molecular weight excluding hydrogens is 276 g/mol. The van der Waals surface area contributed by atoms with Crippen molar-refractivity contribution < 1.29 is 4.74 Å². The number of ether oxygens (including phenoxy) is 1. The molecular formula is C14H20N2OS2. The van der Waals surface area contributed by atoms with E-state index in [1.165, 1.54) is 24.1 Å². The van der Waals surface area contributed by atoms with Gasteiger partial charge in [-0.25, -0.2) is 0 Å². The van der Waals surface area contributed by atoms with Crippen molar-refractivity contribution in [3.63, 3.8) is 0 Å². The molecule has 1 aromatic heterocycles. The quantitative estimate of drug-likeness (QED) is 0.845. The van der Waals surface area contributed by atoms with Crippen molar-refractivity contribution in [1.29, 1.82) is 0 Å². The molecule has 1 N–H and O–H groups in total. The summed E-state index contributed by atoms with van der Waals surface area (Å²) in [6, 6.07) is 4.89. The summed E-state index contributed by atoms with van der Waals surface area (Å²) in [7, 11) is 0. The number of rotatable bonds is 5. The van der Waals surface area contributed by atoms with Crippen molar-refractivity contribution in [2.24, 2.45) is 0 Å². The van der Waals surface area contributed by atoms with E-state index < -0.39 is 0 Å². The predicted octanol–water partition coefficient (Wildman–Crippen LogP) is 2.77. The van der Waals surface area contributed by atoms with Crippen LogP contribution < -0.4 is 5.32 Å². The van der Waals surface area contributed by atoms with Crippen LogP contribution in [0.2, 0.25) is 0 Å². The van der Waals surface area contributed by atoms with Gasteiger partial charge in [-0.2, -0.15) is 0 Å². The molecule has 1 aliphatic carbocycles. The first-order valence-corrected chi connectivity index (χ1v) is 8.29. The van der Waals surface area contributed by atoms with Gasteiger partial charge in [0.25, 0.3) is 0 Å². The smallest absolute Gasteiger partial charge is 0.169 e. The molecule has 1 aliphatic heterocycles. The second kappa shape index (κ2) is 6.20. The third-order valence-electron chi connectivity index (χ3n) is 3.57. The second-order valence-corrected chi connectivity index (χ2v) is 6.74. The summed E-state index contributed by atoms with van der Waals surface area (Å²) in [6.07, 6.45) is 5.20. The lowest BCUT2D eigenvalue weighted by molar-refractivity contribution is 0.0899. The maximum atomic E-state index is 5.75. The van der Waals surface area contributed by atoms with Crippen LogP contribution in [-0.2, 0) is 11.3 Å². The van der Waals surface area contributed by atoms with E-state index in [0.717, 1.165) is 31.2 Å². The van der Waals surface area contributed by atoms with Gasteiger partial charge in [-0.05, 0) is 49.3 Å². The lowest BCUT2D eigenvalue weighted by Crippen LogP contribution is -2.43. The van der Waals surface area contributed by atoms with Crippen LogP contribution in [0.3, 0.4) is 0 Å². The second-order valence-electron chi connectivity index (χ2n) is 5.32. The Kier molecular flexibility index (Phi) is 4.35. The van der Waals surface area contributed by atoms with Crippen LogP contribution in [0.5, 0.6) is 0 Å². The molecule has 1 aromatic rings. The fraction of sp³-hybridized carbons (Fsp3) is 0.643. The van der Waals surface area contributed by atoms with Gasteiger partial charge in [-0.15, -0.1) is 11.3 Å². The summed E-state index contributed by atoms with van der Waals surface area (Å²) >= 11 is 7.35. The van der Waals surface area contributed by atoms with Crippen LogP contribution in [0.1, 0.15) is 30.6 Å². The molecule has 2 fully saturated rings. The van der Waals surface area contributed by atoms with Gasteiger partial charge in [-0.3, -0.25) is 0 Å². The molecule has 1 saturated carbocycles. The highest BCUT2D eigenvalue weighted by molar-refractivity contribution is 7.80. The molecule has 3 nitrogen and oxygen atoms in total. The van der Waals surface area contributed by atoms with E-state index in [4.69, 9.17) is 17.0 Å². The zero-order chi connectivity index (χ0) is 13.1. The number of hydrogen-bond acceptors (Lipinski definition) is 3. The summed E-state index contributed by atoms with van der Waals surface area (Å²) in [4.78, 5) is 3.63. The van der Waals surface area contributed by atoms with Gasteiger partial charge in [0.1, 0.15) is 0 Å². The molecule has 2 aliphatic rings. The van der Waals surface area contributed by atoms with E-state index in [1.807, 2.05) is 0 Å². The molecule has 0 bridgehead atoms. The summed E-state index contributed by atoms with van der Waals surface area (Å²) < 4.78 is 5.75. The number of thiocarbonyl (C=S) groups is 1. The number of nitrogens with zero attached hydrogens (tertiary/aromatic N) is 1. The highest BCUT2D eigenvalue weighted by atomic mass is 32.1. The lowest BCUT2D eigenvalue weighted by atomic mass is 10.2. The van der Waals surface area contributed by atoms with Crippen molar-refractivity contribution in [2.75, 3.05) is 13.2 Å². The first kappa shape index (κ1) is 13.3. The summed E-state index contributed by atoms with van der Waals surface area (Å²) in [5.41, 5.74) is 0. The van der Waals surface area contributed by atoms with Crippen LogP contribution in [0, 0.1) is 0 Å². The van der Waals surface area contributed by atoms with E-state index in [0.29, 0.717) is 12.1 Å². The standard InChI is InChI=1S/C14H20N2OS2/c18-14(15-11-5-6-11)16(9-12-3-1-7-17-12)10-13-4-2-8-19-13/h2,4,8,11-12H,1,3,5-7,9-10H2,(H,15,18)/t12-/m1/s1. The van der Waals surface area contributed by atoms with Gasteiger partial charge in [-0.1, -0.05) is 6.07 Å². The van der Waals surface area contributed by atoms with Gasteiger partial charge < -0.3 is 15.0 Å². The fourth-order valence-corrected chi connectivity index (χ4v) is 3.36. The largest absolute Gasteiger partial charge is 0.376 e. The Morgan fingerprint density at radius 1 is 1.47 bits per heavy atom. The molecule has 2 heterocycles. The van der Waals surface area contributed by atoms with Crippen molar-refractivity contribution in [1.82, 2.24) is 10.2 Å². The maximum Gasteiger partial charge on any atom is 0.169 e. The van der Waals surface area contributed by atoms with Crippen molar-refractivity contribution >= 4 is 28.7 Å². The monoisotopic (exact) mass is 296 g/mol. The van der Waals surface area contributed by atoms with Crippen molar-refractivity contribution in [3.05, 3.63) is 22.4 Å². The van der Waals surface area contributed by atoms with Gasteiger partial charge >= 0.3 is 0 Å². The highest BCUT2D eigenvalue weighted by Crippen LogP contribution is 2.21. The molecule has 19 heavy (non-hydrogen) atoms. The van der Waals surface area contributed by atoms with Gasteiger partial charge in [0.15, 0.2) is 5.11 Å². The number of nitrogens with one attached hydrogen (secondary N) is 1. The Morgan fingerprint density at radius 2 is 2.37 bits per heavy atom. The van der Waals surface area contributed by atoms with E-state index in [1.54, 1.807) is 11.3 Å². The molecule has 104 valence electrons. The molecule has 3 rings (SSSR count). The summed E-state index contributed by atoms with van der Waals surface area (Å²) in [5, 5.41) is 6.46. The van der Waals surface area contributed by atoms with Gasteiger partial charge in [0.2, 0.25) is 0 Å². The van der Waals surface area contributed by atoms with Gasteiger partial charge in [0.05, 0.1) is 12.6 Å². The Bertz CT molecular complexity index is 411.